The Balaban J connectivity index is 1.48. The van der Waals surface area contributed by atoms with Crippen molar-refractivity contribution in [2.24, 2.45) is 0 Å². The molecule has 4 rings (SSSR count). The molecule has 0 saturated carbocycles. The summed E-state index contributed by atoms with van der Waals surface area (Å²) in [6.07, 6.45) is -0.333. The second-order valence-corrected chi connectivity index (χ2v) is 9.24. The van der Waals surface area contributed by atoms with Crippen molar-refractivity contribution in [1.82, 2.24) is 0 Å². The molecule has 1 heterocycles. The van der Waals surface area contributed by atoms with E-state index in [4.69, 9.17) is 25.8 Å². The van der Waals surface area contributed by atoms with Crippen molar-refractivity contribution >= 4 is 52.4 Å². The van der Waals surface area contributed by atoms with E-state index in [9.17, 15) is 19.2 Å². The largest absolute Gasteiger partial charge is 0.497 e. The van der Waals surface area contributed by atoms with Gasteiger partial charge in [-0.05, 0) is 68.4 Å². The van der Waals surface area contributed by atoms with E-state index < -0.39 is 23.7 Å². The molecule has 0 aromatic heterocycles. The quantitative estimate of drug-likeness (QED) is 0.277. The van der Waals surface area contributed by atoms with Gasteiger partial charge >= 0.3 is 5.97 Å². The average molecular weight is 564 g/mol. The lowest BCUT2D eigenvalue weighted by molar-refractivity contribution is -0.120. The lowest BCUT2D eigenvalue weighted by atomic mass is 10.1. The molecule has 11 heteroatoms. The van der Waals surface area contributed by atoms with Crippen molar-refractivity contribution in [3.63, 3.8) is 0 Å². The maximum Gasteiger partial charge on any atom is 0.338 e. The van der Waals surface area contributed by atoms with Crippen LogP contribution < -0.4 is 25.0 Å². The molecule has 0 bridgehead atoms. The van der Waals surface area contributed by atoms with E-state index in [0.717, 1.165) is 4.90 Å². The predicted octanol–water partition coefficient (Wildman–Crippen LogP) is 4.96. The first-order chi connectivity index (χ1) is 19.1. The van der Waals surface area contributed by atoms with E-state index in [-0.39, 0.29) is 28.1 Å². The molecule has 3 aromatic carbocycles. The van der Waals surface area contributed by atoms with Gasteiger partial charge in [-0.15, -0.1) is 0 Å². The Morgan fingerprint density at radius 3 is 2.25 bits per heavy atom. The summed E-state index contributed by atoms with van der Waals surface area (Å²) in [6, 6.07) is 17.2. The fourth-order valence-corrected chi connectivity index (χ4v) is 4.07. The second kappa shape index (κ2) is 11.9. The Morgan fingerprint density at radius 1 is 0.875 bits per heavy atom. The van der Waals surface area contributed by atoms with Crippen molar-refractivity contribution in [2.45, 2.75) is 20.0 Å². The highest BCUT2D eigenvalue weighted by atomic mass is 35.5. The predicted molar refractivity (Wildman–Crippen MR) is 150 cm³/mol. The topological polar surface area (TPSA) is 123 Å². The average Bonchev–Trinajstić information content (AvgIpc) is 3.15. The molecule has 206 valence electrons. The van der Waals surface area contributed by atoms with Gasteiger partial charge in [-0.3, -0.25) is 14.4 Å². The molecular formula is C29H26ClN3O7. The van der Waals surface area contributed by atoms with E-state index in [1.165, 1.54) is 38.5 Å². The molecule has 0 saturated heterocycles. The fourth-order valence-electron chi connectivity index (χ4n) is 3.86. The number of hydrogen-bond acceptors (Lipinski definition) is 8. The number of amides is 3. The number of carbonyl (C=O) groups is 4. The van der Waals surface area contributed by atoms with Gasteiger partial charge in [-0.2, -0.15) is 0 Å². The number of nitrogens with one attached hydrogen (secondary N) is 2. The normalized spacial score (nSPS) is 13.0. The SMILES string of the molecule is COc1ccc(OC)c(NC(=O)c2ccc(NC3=C(Cl)C(=O)N(c4cccc(C(=O)OC(C)C)c4)C3=O)cc2)c1. The van der Waals surface area contributed by atoms with Gasteiger partial charge in [-0.25, -0.2) is 9.69 Å². The van der Waals surface area contributed by atoms with Gasteiger partial charge in [0.25, 0.3) is 17.7 Å². The smallest absolute Gasteiger partial charge is 0.338 e. The summed E-state index contributed by atoms with van der Waals surface area (Å²) in [5.74, 6) is -1.41. The van der Waals surface area contributed by atoms with Gasteiger partial charge in [0, 0.05) is 17.3 Å². The van der Waals surface area contributed by atoms with Crippen LogP contribution in [0.5, 0.6) is 11.5 Å². The molecule has 0 radical (unpaired) electrons. The molecular weight excluding hydrogens is 538 g/mol. The van der Waals surface area contributed by atoms with E-state index in [0.29, 0.717) is 28.4 Å². The summed E-state index contributed by atoms with van der Waals surface area (Å²) < 4.78 is 15.7. The summed E-state index contributed by atoms with van der Waals surface area (Å²) in [7, 11) is 3.01. The van der Waals surface area contributed by atoms with Gasteiger partial charge in [0.15, 0.2) is 0 Å². The summed E-state index contributed by atoms with van der Waals surface area (Å²) in [4.78, 5) is 52.0. The summed E-state index contributed by atoms with van der Waals surface area (Å²) in [5.41, 5.74) is 1.40. The van der Waals surface area contributed by atoms with Crippen LogP contribution in [0.25, 0.3) is 0 Å². The molecule has 40 heavy (non-hydrogen) atoms. The van der Waals surface area contributed by atoms with Crippen LogP contribution in [-0.4, -0.2) is 44.0 Å². The van der Waals surface area contributed by atoms with Gasteiger partial charge < -0.3 is 24.8 Å². The lowest BCUT2D eigenvalue weighted by Crippen LogP contribution is -2.32. The zero-order valence-corrected chi connectivity index (χ0v) is 22.9. The van der Waals surface area contributed by atoms with Crippen LogP contribution in [0.2, 0.25) is 0 Å². The number of carbonyl (C=O) groups excluding carboxylic acids is 4. The van der Waals surface area contributed by atoms with Gasteiger partial charge in [0.2, 0.25) is 0 Å². The molecule has 2 N–H and O–H groups in total. The zero-order chi connectivity index (χ0) is 29.0. The van der Waals surface area contributed by atoms with Crippen molar-refractivity contribution in [1.29, 1.82) is 0 Å². The van der Waals surface area contributed by atoms with Crippen LogP contribution in [0.4, 0.5) is 17.1 Å². The standard InChI is InChI=1S/C29H26ClN3O7/c1-16(2)40-29(37)18-6-5-7-20(14-18)33-27(35)24(30)25(28(33)36)31-19-10-8-17(9-11-19)26(34)32-22-15-21(38-3)12-13-23(22)39-4/h5-16,31H,1-4H3,(H,32,34). The highest BCUT2D eigenvalue weighted by Gasteiger charge is 2.39. The van der Waals surface area contributed by atoms with Crippen molar-refractivity contribution in [3.05, 3.63) is 88.6 Å². The molecule has 0 unspecified atom stereocenters. The summed E-state index contributed by atoms with van der Waals surface area (Å²) >= 11 is 6.24. The Labute approximate surface area is 235 Å². The Bertz CT molecular complexity index is 1520. The van der Waals surface area contributed by atoms with E-state index >= 15 is 0 Å². The first kappa shape index (κ1) is 28.2. The maximum absolute atomic E-state index is 13.2. The van der Waals surface area contributed by atoms with E-state index in [2.05, 4.69) is 10.6 Å². The second-order valence-electron chi connectivity index (χ2n) is 8.86. The zero-order valence-electron chi connectivity index (χ0n) is 22.1. The van der Waals surface area contributed by atoms with Crippen molar-refractivity contribution in [2.75, 3.05) is 29.8 Å². The number of hydrogen-bond donors (Lipinski definition) is 2. The van der Waals surface area contributed by atoms with Crippen LogP contribution in [0.3, 0.4) is 0 Å². The third-order valence-electron chi connectivity index (χ3n) is 5.78. The number of halogens is 1. The van der Waals surface area contributed by atoms with Crippen molar-refractivity contribution in [3.8, 4) is 11.5 Å². The molecule has 0 spiro atoms. The maximum atomic E-state index is 13.2. The highest BCUT2D eigenvalue weighted by Crippen LogP contribution is 2.32. The highest BCUT2D eigenvalue weighted by molar-refractivity contribution is 6.53. The summed E-state index contributed by atoms with van der Waals surface area (Å²) in [5, 5.41) is 5.32. The lowest BCUT2D eigenvalue weighted by Gasteiger charge is -2.16. The number of anilines is 3. The number of methoxy groups -OCH3 is 2. The minimum absolute atomic E-state index is 0.139. The van der Waals surface area contributed by atoms with E-state index in [1.807, 2.05) is 0 Å². The van der Waals surface area contributed by atoms with E-state index in [1.54, 1.807) is 56.3 Å². The van der Waals surface area contributed by atoms with Gasteiger partial charge in [-0.1, -0.05) is 17.7 Å². The number of nitrogens with zero attached hydrogens (tertiary/aromatic N) is 1. The fraction of sp³-hybridized carbons (Fsp3) is 0.172. The molecule has 10 nitrogen and oxygen atoms in total. The van der Waals surface area contributed by atoms with Crippen molar-refractivity contribution < 1.29 is 33.4 Å². The van der Waals surface area contributed by atoms with Crippen LogP contribution >= 0.6 is 11.6 Å². The third-order valence-corrected chi connectivity index (χ3v) is 6.13. The Morgan fingerprint density at radius 2 is 1.60 bits per heavy atom. The molecule has 1 aliphatic rings. The summed E-state index contributed by atoms with van der Waals surface area (Å²) in [6.45, 7) is 3.43. The molecule has 0 atom stereocenters. The number of imide groups is 1. The number of esters is 1. The molecule has 0 fully saturated rings. The van der Waals surface area contributed by atoms with Crippen LogP contribution in [-0.2, 0) is 14.3 Å². The minimum Gasteiger partial charge on any atom is -0.497 e. The first-order valence-corrected chi connectivity index (χ1v) is 12.5. The number of rotatable bonds is 9. The monoisotopic (exact) mass is 563 g/mol. The third kappa shape index (κ3) is 5.92. The molecule has 0 aliphatic carbocycles. The molecule has 1 aliphatic heterocycles. The molecule has 3 aromatic rings. The number of ether oxygens (including phenoxy) is 3. The minimum atomic E-state index is -0.744. The van der Waals surface area contributed by atoms with Crippen LogP contribution in [0, 0.1) is 0 Å². The van der Waals surface area contributed by atoms with Gasteiger partial charge in [0.1, 0.15) is 22.2 Å². The van der Waals surface area contributed by atoms with Crippen LogP contribution in [0.1, 0.15) is 34.6 Å². The molecule has 3 amide bonds. The Kier molecular flexibility index (Phi) is 8.40. The first-order valence-electron chi connectivity index (χ1n) is 12.1. The number of benzene rings is 3. The van der Waals surface area contributed by atoms with Gasteiger partial charge in [0.05, 0.1) is 37.3 Å². The Hall–Kier alpha value is -4.83. The van der Waals surface area contributed by atoms with Crippen LogP contribution in [0.15, 0.2) is 77.5 Å².